The fourth-order valence-corrected chi connectivity index (χ4v) is 4.32. The van der Waals surface area contributed by atoms with E-state index in [1.165, 1.54) is 12.0 Å². The molecular formula is C31H38O3. The van der Waals surface area contributed by atoms with Gasteiger partial charge in [0.2, 0.25) is 0 Å². The fourth-order valence-electron chi connectivity index (χ4n) is 4.32. The quantitative estimate of drug-likeness (QED) is 0.248. The van der Waals surface area contributed by atoms with Gasteiger partial charge in [-0.3, -0.25) is 0 Å². The van der Waals surface area contributed by atoms with Crippen LogP contribution in [0.25, 0.3) is 12.2 Å². The van der Waals surface area contributed by atoms with Crippen molar-refractivity contribution in [3.8, 4) is 5.75 Å². The van der Waals surface area contributed by atoms with Crippen LogP contribution in [-0.2, 0) is 16.0 Å². The number of allylic oxidation sites excluding steroid dienone is 3. The predicted octanol–water partition coefficient (Wildman–Crippen LogP) is 7.90. The Kier molecular flexibility index (Phi) is 8.92. The summed E-state index contributed by atoms with van der Waals surface area (Å²) in [5, 5.41) is 9.55. The average Bonchev–Trinajstić information content (AvgIpc) is 2.80. The van der Waals surface area contributed by atoms with Crippen molar-refractivity contribution in [2.45, 2.75) is 71.8 Å². The van der Waals surface area contributed by atoms with E-state index >= 15 is 0 Å². The molecule has 0 atom stereocenters. The molecule has 180 valence electrons. The minimum Gasteiger partial charge on any atom is -0.508 e. The molecule has 34 heavy (non-hydrogen) atoms. The second-order valence-corrected chi connectivity index (χ2v) is 10.1. The van der Waals surface area contributed by atoms with Gasteiger partial charge in [0.15, 0.2) is 0 Å². The lowest BCUT2D eigenvalue weighted by atomic mass is 9.86. The number of rotatable bonds is 8. The molecule has 0 bridgehead atoms. The highest BCUT2D eigenvalue weighted by Gasteiger charge is 2.31. The molecule has 0 aromatic heterocycles. The zero-order valence-corrected chi connectivity index (χ0v) is 21.0. The number of ether oxygens (including phenoxy) is 1. The van der Waals surface area contributed by atoms with Gasteiger partial charge in [-0.05, 0) is 86.3 Å². The Morgan fingerprint density at radius 2 is 1.47 bits per heavy atom. The standard InChI is InChI=1S/C31H38O3/c1-23(2)22-27-10-8-25(9-11-27)12-16-28(17-13-26-14-18-29(32)19-15-26)24(3)30(33)34-31(4)20-6-5-7-21-31/h8-19,23,32H,5-7,20-22H2,1-4H3. The van der Waals surface area contributed by atoms with Gasteiger partial charge >= 0.3 is 5.97 Å². The summed E-state index contributed by atoms with van der Waals surface area (Å²) >= 11 is 0. The van der Waals surface area contributed by atoms with Crippen LogP contribution in [0.5, 0.6) is 5.75 Å². The van der Waals surface area contributed by atoms with E-state index in [9.17, 15) is 9.90 Å². The van der Waals surface area contributed by atoms with Crippen molar-refractivity contribution in [2.75, 3.05) is 0 Å². The Morgan fingerprint density at radius 1 is 0.941 bits per heavy atom. The maximum Gasteiger partial charge on any atom is 0.334 e. The van der Waals surface area contributed by atoms with Crippen molar-refractivity contribution in [1.29, 1.82) is 0 Å². The zero-order valence-electron chi connectivity index (χ0n) is 21.0. The third-order valence-corrected chi connectivity index (χ3v) is 6.42. The molecule has 0 unspecified atom stereocenters. The van der Waals surface area contributed by atoms with E-state index in [1.807, 2.05) is 43.4 Å². The Bertz CT molecular complexity index is 1030. The molecule has 1 saturated carbocycles. The molecule has 3 heteroatoms. The molecule has 2 aromatic carbocycles. The first kappa shape index (κ1) is 25.6. The number of benzene rings is 2. The van der Waals surface area contributed by atoms with Crippen LogP contribution in [0.15, 0.2) is 71.8 Å². The van der Waals surface area contributed by atoms with Crippen molar-refractivity contribution in [2.24, 2.45) is 5.92 Å². The summed E-state index contributed by atoms with van der Waals surface area (Å²) in [5.41, 5.74) is 4.39. The largest absolute Gasteiger partial charge is 0.508 e. The second kappa shape index (κ2) is 11.9. The molecule has 1 aliphatic rings. The topological polar surface area (TPSA) is 46.5 Å². The maximum atomic E-state index is 13.1. The molecule has 0 saturated heterocycles. The predicted molar refractivity (Wildman–Crippen MR) is 141 cm³/mol. The summed E-state index contributed by atoms with van der Waals surface area (Å²) < 4.78 is 6.00. The van der Waals surface area contributed by atoms with Gasteiger partial charge in [-0.2, -0.15) is 0 Å². The van der Waals surface area contributed by atoms with Crippen LogP contribution in [0.3, 0.4) is 0 Å². The SMILES string of the molecule is CC(C(=O)OC1(C)CCCCC1)=C(C=Cc1ccc(O)cc1)C=Cc1ccc(CC(C)C)cc1. The Labute approximate surface area is 204 Å². The first-order valence-corrected chi connectivity index (χ1v) is 12.4. The van der Waals surface area contributed by atoms with Crippen LogP contribution in [0.1, 0.15) is 76.5 Å². The van der Waals surface area contributed by atoms with E-state index in [0.29, 0.717) is 11.5 Å². The Hall–Kier alpha value is -3.07. The van der Waals surface area contributed by atoms with Crippen molar-refractivity contribution in [1.82, 2.24) is 0 Å². The lowest BCUT2D eigenvalue weighted by Crippen LogP contribution is -2.34. The number of esters is 1. The third-order valence-electron chi connectivity index (χ3n) is 6.42. The molecule has 0 aliphatic heterocycles. The summed E-state index contributed by atoms with van der Waals surface area (Å²) in [6, 6.07) is 15.6. The summed E-state index contributed by atoms with van der Waals surface area (Å²) in [6.07, 6.45) is 14.2. The van der Waals surface area contributed by atoms with Gasteiger partial charge < -0.3 is 9.84 Å². The van der Waals surface area contributed by atoms with Gasteiger partial charge in [0, 0.05) is 5.57 Å². The molecule has 0 radical (unpaired) electrons. The lowest BCUT2D eigenvalue weighted by molar-refractivity contribution is -0.156. The normalized spacial score (nSPS) is 16.7. The first-order valence-electron chi connectivity index (χ1n) is 12.4. The van der Waals surface area contributed by atoms with Gasteiger partial charge in [0.1, 0.15) is 11.4 Å². The van der Waals surface area contributed by atoms with Crippen molar-refractivity contribution in [3.05, 3.63) is 88.5 Å². The smallest absolute Gasteiger partial charge is 0.334 e. The van der Waals surface area contributed by atoms with E-state index in [-0.39, 0.29) is 17.3 Å². The fraction of sp³-hybridized carbons (Fsp3) is 0.387. The number of hydrogen-bond donors (Lipinski definition) is 1. The monoisotopic (exact) mass is 458 g/mol. The number of phenols is 1. The number of phenolic OH excluding ortho intramolecular Hbond substituents is 1. The van der Waals surface area contributed by atoms with Crippen LogP contribution in [0.4, 0.5) is 0 Å². The van der Waals surface area contributed by atoms with Gasteiger partial charge in [-0.15, -0.1) is 0 Å². The molecule has 0 spiro atoms. The van der Waals surface area contributed by atoms with Crippen LogP contribution in [0.2, 0.25) is 0 Å². The van der Waals surface area contributed by atoms with Crippen LogP contribution in [0, 0.1) is 5.92 Å². The van der Waals surface area contributed by atoms with Crippen LogP contribution in [-0.4, -0.2) is 16.7 Å². The van der Waals surface area contributed by atoms with Crippen molar-refractivity contribution < 1.29 is 14.6 Å². The molecule has 2 aromatic rings. The number of aromatic hydroxyl groups is 1. The number of hydrogen-bond acceptors (Lipinski definition) is 3. The molecule has 1 N–H and O–H groups in total. The first-order chi connectivity index (χ1) is 16.2. The molecular weight excluding hydrogens is 420 g/mol. The molecule has 1 fully saturated rings. The minimum atomic E-state index is -0.377. The average molecular weight is 459 g/mol. The highest BCUT2D eigenvalue weighted by atomic mass is 16.6. The third kappa shape index (κ3) is 7.76. The van der Waals surface area contributed by atoms with Gasteiger partial charge in [-0.1, -0.05) is 81.0 Å². The van der Waals surface area contributed by atoms with Crippen LogP contribution < -0.4 is 0 Å². The van der Waals surface area contributed by atoms with Gasteiger partial charge in [0.25, 0.3) is 0 Å². The molecule has 1 aliphatic carbocycles. The van der Waals surface area contributed by atoms with E-state index < -0.39 is 0 Å². The Balaban J connectivity index is 1.85. The second-order valence-electron chi connectivity index (χ2n) is 10.1. The van der Waals surface area contributed by atoms with E-state index in [4.69, 9.17) is 4.74 Å². The minimum absolute atomic E-state index is 0.231. The maximum absolute atomic E-state index is 13.1. The highest BCUT2D eigenvalue weighted by Crippen LogP contribution is 2.32. The van der Waals surface area contributed by atoms with Gasteiger partial charge in [-0.25, -0.2) is 4.79 Å². The van der Waals surface area contributed by atoms with Gasteiger partial charge in [0.05, 0.1) is 0 Å². The Morgan fingerprint density at radius 3 is 2.00 bits per heavy atom. The molecule has 0 amide bonds. The van der Waals surface area contributed by atoms with E-state index in [2.05, 4.69) is 45.0 Å². The summed E-state index contributed by atoms with van der Waals surface area (Å²) in [5.74, 6) is 0.599. The molecule has 3 rings (SSSR count). The van der Waals surface area contributed by atoms with Crippen LogP contribution >= 0.6 is 0 Å². The molecule has 0 heterocycles. The summed E-state index contributed by atoms with van der Waals surface area (Å²) in [6.45, 7) is 8.33. The van der Waals surface area contributed by atoms with Crippen molar-refractivity contribution >= 4 is 18.1 Å². The number of carbonyl (C=O) groups is 1. The van der Waals surface area contributed by atoms with Crippen molar-refractivity contribution in [3.63, 3.8) is 0 Å². The number of carbonyl (C=O) groups excluding carboxylic acids is 1. The molecule has 3 nitrogen and oxygen atoms in total. The lowest BCUT2D eigenvalue weighted by Gasteiger charge is -2.33. The summed E-state index contributed by atoms with van der Waals surface area (Å²) in [7, 11) is 0. The van der Waals surface area contributed by atoms with E-state index in [1.54, 1.807) is 12.1 Å². The summed E-state index contributed by atoms with van der Waals surface area (Å²) in [4.78, 5) is 13.1. The van der Waals surface area contributed by atoms with E-state index in [0.717, 1.165) is 48.8 Å². The zero-order chi connectivity index (χ0) is 24.6. The highest BCUT2D eigenvalue weighted by molar-refractivity contribution is 5.91.